The van der Waals surface area contributed by atoms with Gasteiger partial charge < -0.3 is 10.1 Å². The second kappa shape index (κ2) is 4.84. The average molecular weight is 340 g/mol. The van der Waals surface area contributed by atoms with Gasteiger partial charge in [0, 0.05) is 6.54 Å². The summed E-state index contributed by atoms with van der Waals surface area (Å²) < 4.78 is 8.00. The molecule has 20 heavy (non-hydrogen) atoms. The zero-order valence-electron chi connectivity index (χ0n) is 11.2. The SMILES string of the molecule is O=c1c(Br)c(NC2CC3CCC2O3)cnn1CC1CC1. The molecule has 3 atom stereocenters. The predicted molar refractivity (Wildman–Crippen MR) is 78.8 cm³/mol. The maximum atomic E-state index is 12.3. The molecule has 6 heteroatoms. The third-order valence-electron chi connectivity index (χ3n) is 4.56. The number of nitrogens with one attached hydrogen (secondary N) is 1. The third kappa shape index (κ3) is 2.29. The molecule has 2 aliphatic heterocycles. The maximum Gasteiger partial charge on any atom is 0.283 e. The lowest BCUT2D eigenvalue weighted by Crippen LogP contribution is -2.32. The van der Waals surface area contributed by atoms with Gasteiger partial charge in [-0.2, -0.15) is 5.10 Å². The van der Waals surface area contributed by atoms with E-state index in [0.717, 1.165) is 25.1 Å². The van der Waals surface area contributed by atoms with Gasteiger partial charge >= 0.3 is 0 Å². The fourth-order valence-corrected chi connectivity index (χ4v) is 3.65. The molecule has 108 valence electrons. The summed E-state index contributed by atoms with van der Waals surface area (Å²) in [5, 5.41) is 7.72. The van der Waals surface area contributed by atoms with Gasteiger partial charge in [0.25, 0.3) is 5.56 Å². The number of hydrogen-bond acceptors (Lipinski definition) is 4. The summed E-state index contributed by atoms with van der Waals surface area (Å²) in [6.07, 6.45) is 8.21. The lowest BCUT2D eigenvalue weighted by molar-refractivity contribution is 0.102. The Morgan fingerprint density at radius 3 is 2.90 bits per heavy atom. The Morgan fingerprint density at radius 2 is 2.25 bits per heavy atom. The molecular formula is C14H18BrN3O2. The number of nitrogens with zero attached hydrogens (tertiary/aromatic N) is 2. The minimum atomic E-state index is -0.0361. The number of ether oxygens (including phenoxy) is 1. The number of fused-ring (bicyclic) bond motifs is 2. The Morgan fingerprint density at radius 1 is 1.40 bits per heavy atom. The molecule has 1 saturated carbocycles. The van der Waals surface area contributed by atoms with E-state index in [0.29, 0.717) is 28.6 Å². The van der Waals surface area contributed by atoms with Crippen LogP contribution in [0.4, 0.5) is 5.69 Å². The molecule has 1 N–H and O–H groups in total. The minimum Gasteiger partial charge on any atom is -0.377 e. The van der Waals surface area contributed by atoms with Crippen LogP contribution in [0.2, 0.25) is 0 Å². The van der Waals surface area contributed by atoms with Crippen LogP contribution >= 0.6 is 15.9 Å². The summed E-state index contributed by atoms with van der Waals surface area (Å²) in [5.41, 5.74) is 0.758. The molecule has 2 saturated heterocycles. The Bertz CT molecular complexity index is 584. The molecule has 5 nitrogen and oxygen atoms in total. The van der Waals surface area contributed by atoms with Gasteiger partial charge in [-0.25, -0.2) is 4.68 Å². The molecule has 1 aliphatic carbocycles. The van der Waals surface area contributed by atoms with Gasteiger partial charge in [0.1, 0.15) is 4.47 Å². The lowest BCUT2D eigenvalue weighted by atomic mass is 9.95. The van der Waals surface area contributed by atoms with Crippen LogP contribution < -0.4 is 10.9 Å². The van der Waals surface area contributed by atoms with Crippen molar-refractivity contribution in [2.24, 2.45) is 5.92 Å². The summed E-state index contributed by atoms with van der Waals surface area (Å²) >= 11 is 3.43. The van der Waals surface area contributed by atoms with Crippen LogP contribution in [-0.4, -0.2) is 28.0 Å². The zero-order chi connectivity index (χ0) is 13.7. The highest BCUT2D eigenvalue weighted by molar-refractivity contribution is 9.10. The first kappa shape index (κ1) is 12.8. The molecule has 2 bridgehead atoms. The first-order valence-corrected chi connectivity index (χ1v) is 8.17. The quantitative estimate of drug-likeness (QED) is 0.913. The molecule has 3 fully saturated rings. The normalized spacial score (nSPS) is 31.8. The van der Waals surface area contributed by atoms with Crippen LogP contribution in [-0.2, 0) is 11.3 Å². The van der Waals surface area contributed by atoms with Crippen molar-refractivity contribution in [3.63, 3.8) is 0 Å². The number of halogens is 1. The van der Waals surface area contributed by atoms with Crippen molar-refractivity contribution in [1.82, 2.24) is 9.78 Å². The summed E-state index contributed by atoms with van der Waals surface area (Å²) in [6.45, 7) is 0.745. The van der Waals surface area contributed by atoms with Gasteiger partial charge in [-0.3, -0.25) is 4.79 Å². The van der Waals surface area contributed by atoms with E-state index >= 15 is 0 Å². The Kier molecular flexibility index (Phi) is 3.11. The molecule has 0 amide bonds. The number of rotatable bonds is 4. The van der Waals surface area contributed by atoms with Gasteiger partial charge in [0.15, 0.2) is 0 Å². The molecule has 0 radical (unpaired) electrons. The molecule has 0 spiro atoms. The summed E-state index contributed by atoms with van der Waals surface area (Å²) in [7, 11) is 0. The van der Waals surface area contributed by atoms with Crippen LogP contribution in [0.25, 0.3) is 0 Å². The van der Waals surface area contributed by atoms with Crippen molar-refractivity contribution < 1.29 is 4.74 Å². The largest absolute Gasteiger partial charge is 0.377 e. The van der Waals surface area contributed by atoms with Gasteiger partial charge in [0.2, 0.25) is 0 Å². The minimum absolute atomic E-state index is 0.0361. The highest BCUT2D eigenvalue weighted by Crippen LogP contribution is 2.36. The predicted octanol–water partition coefficient (Wildman–Crippen LogP) is 2.15. The van der Waals surface area contributed by atoms with Crippen molar-refractivity contribution in [3.8, 4) is 0 Å². The van der Waals surface area contributed by atoms with Crippen LogP contribution in [0.15, 0.2) is 15.5 Å². The standard InChI is InChI=1S/C14H18BrN3O2/c15-13-11(17-10-5-9-3-4-12(10)20-9)6-16-18(14(13)19)7-8-1-2-8/h6,8-10,12,17H,1-5,7H2. The topological polar surface area (TPSA) is 56.1 Å². The van der Waals surface area contributed by atoms with Crippen LogP contribution in [0.1, 0.15) is 32.1 Å². The van der Waals surface area contributed by atoms with E-state index in [-0.39, 0.29) is 5.56 Å². The fourth-order valence-electron chi connectivity index (χ4n) is 3.23. The fraction of sp³-hybridized carbons (Fsp3) is 0.714. The Hall–Kier alpha value is -0.880. The van der Waals surface area contributed by atoms with Crippen molar-refractivity contribution in [1.29, 1.82) is 0 Å². The summed E-state index contributed by atoms with van der Waals surface area (Å²) in [4.78, 5) is 12.3. The van der Waals surface area contributed by atoms with E-state index in [2.05, 4.69) is 26.3 Å². The second-order valence-corrected chi connectivity index (χ2v) is 6.96. The molecule has 3 unspecified atom stereocenters. The van der Waals surface area contributed by atoms with Gasteiger partial charge in [-0.05, 0) is 54.0 Å². The van der Waals surface area contributed by atoms with E-state index in [9.17, 15) is 4.79 Å². The number of hydrogen-bond donors (Lipinski definition) is 1. The van der Waals surface area contributed by atoms with Crippen molar-refractivity contribution >= 4 is 21.6 Å². The molecule has 4 rings (SSSR count). The summed E-state index contributed by atoms with van der Waals surface area (Å²) in [6, 6.07) is 0.311. The van der Waals surface area contributed by atoms with E-state index in [1.165, 1.54) is 19.3 Å². The zero-order valence-corrected chi connectivity index (χ0v) is 12.8. The van der Waals surface area contributed by atoms with Crippen molar-refractivity contribution in [3.05, 3.63) is 21.0 Å². The highest BCUT2D eigenvalue weighted by Gasteiger charge is 2.41. The van der Waals surface area contributed by atoms with E-state index < -0.39 is 0 Å². The molecule has 1 aromatic heterocycles. The number of anilines is 1. The van der Waals surface area contributed by atoms with Gasteiger partial charge in [-0.15, -0.1) is 0 Å². The van der Waals surface area contributed by atoms with E-state index in [4.69, 9.17) is 4.74 Å². The molecule has 0 aromatic carbocycles. The highest BCUT2D eigenvalue weighted by atomic mass is 79.9. The third-order valence-corrected chi connectivity index (χ3v) is 5.33. The maximum absolute atomic E-state index is 12.3. The summed E-state index contributed by atoms with van der Waals surface area (Å²) in [5.74, 6) is 0.643. The van der Waals surface area contributed by atoms with Gasteiger partial charge in [0.05, 0.1) is 30.1 Å². The van der Waals surface area contributed by atoms with E-state index in [1.807, 2.05) is 0 Å². The molecule has 3 heterocycles. The van der Waals surface area contributed by atoms with Crippen LogP contribution in [0.5, 0.6) is 0 Å². The Labute approximate surface area is 125 Å². The second-order valence-electron chi connectivity index (χ2n) is 6.16. The smallest absolute Gasteiger partial charge is 0.283 e. The monoisotopic (exact) mass is 339 g/mol. The molecular weight excluding hydrogens is 322 g/mol. The van der Waals surface area contributed by atoms with Crippen molar-refractivity contribution in [2.45, 2.75) is 56.9 Å². The first-order chi connectivity index (χ1) is 9.70. The Balaban J connectivity index is 1.53. The van der Waals surface area contributed by atoms with E-state index in [1.54, 1.807) is 10.9 Å². The van der Waals surface area contributed by atoms with Crippen LogP contribution in [0, 0.1) is 5.92 Å². The van der Waals surface area contributed by atoms with Crippen LogP contribution in [0.3, 0.4) is 0 Å². The van der Waals surface area contributed by atoms with Gasteiger partial charge in [-0.1, -0.05) is 0 Å². The molecule has 1 aromatic rings. The molecule has 3 aliphatic rings. The van der Waals surface area contributed by atoms with Crippen molar-refractivity contribution in [2.75, 3.05) is 5.32 Å². The average Bonchev–Trinajstić information content (AvgIpc) is 3.02. The number of aromatic nitrogens is 2. The first-order valence-electron chi connectivity index (χ1n) is 7.38. The lowest BCUT2D eigenvalue weighted by Gasteiger charge is -2.21.